The molecule has 0 N–H and O–H groups in total. The van der Waals surface area contributed by atoms with Gasteiger partial charge >= 0.3 is 0 Å². The molecule has 19 heavy (non-hydrogen) atoms. The van der Waals surface area contributed by atoms with Gasteiger partial charge < -0.3 is 4.90 Å². The van der Waals surface area contributed by atoms with Crippen LogP contribution >= 0.6 is 15.9 Å². The molecule has 0 aliphatic carbocycles. The maximum absolute atomic E-state index is 3.63. The fraction of sp³-hybridized carbons (Fsp3) is 0.647. The van der Waals surface area contributed by atoms with Crippen LogP contribution in [0.3, 0.4) is 0 Å². The number of anilines is 1. The van der Waals surface area contributed by atoms with E-state index in [1.807, 2.05) is 0 Å². The lowest BCUT2D eigenvalue weighted by atomic mass is 9.75. The van der Waals surface area contributed by atoms with Gasteiger partial charge in [0, 0.05) is 24.1 Å². The van der Waals surface area contributed by atoms with Crippen LogP contribution in [0.1, 0.15) is 44.7 Å². The van der Waals surface area contributed by atoms with Crippen LogP contribution in [0.4, 0.5) is 5.69 Å². The third-order valence-corrected chi connectivity index (χ3v) is 5.04. The molecule has 0 radical (unpaired) electrons. The van der Waals surface area contributed by atoms with Crippen LogP contribution < -0.4 is 4.90 Å². The summed E-state index contributed by atoms with van der Waals surface area (Å²) in [4.78, 5) is 2.57. The van der Waals surface area contributed by atoms with Crippen LogP contribution in [0.25, 0.3) is 0 Å². The van der Waals surface area contributed by atoms with Gasteiger partial charge in [-0.3, -0.25) is 0 Å². The van der Waals surface area contributed by atoms with Gasteiger partial charge in [0.15, 0.2) is 0 Å². The SMILES string of the molecule is Cc1ccc(N2CCC(C(C)(C)C)CC2)c(CBr)c1. The molecule has 1 nitrogen and oxygen atoms in total. The number of aryl methyl sites for hydroxylation is 1. The van der Waals surface area contributed by atoms with E-state index in [9.17, 15) is 0 Å². The summed E-state index contributed by atoms with van der Waals surface area (Å²) in [6, 6.07) is 6.83. The van der Waals surface area contributed by atoms with Crippen LogP contribution in [-0.4, -0.2) is 13.1 Å². The summed E-state index contributed by atoms with van der Waals surface area (Å²) in [5, 5.41) is 0.948. The Hall–Kier alpha value is -0.500. The first-order valence-corrected chi connectivity index (χ1v) is 8.44. The van der Waals surface area contributed by atoms with Gasteiger partial charge in [0.05, 0.1) is 0 Å². The van der Waals surface area contributed by atoms with Gasteiger partial charge in [0.2, 0.25) is 0 Å². The van der Waals surface area contributed by atoms with E-state index in [0.717, 1.165) is 11.2 Å². The number of hydrogen-bond acceptors (Lipinski definition) is 1. The summed E-state index contributed by atoms with van der Waals surface area (Å²) in [6.45, 7) is 11.7. The Bertz CT molecular complexity index is 425. The molecule has 106 valence electrons. The Morgan fingerprint density at radius 2 is 1.84 bits per heavy atom. The fourth-order valence-electron chi connectivity index (χ4n) is 3.12. The van der Waals surface area contributed by atoms with E-state index in [1.165, 1.54) is 42.7 Å². The molecule has 0 amide bonds. The third kappa shape index (κ3) is 3.53. The number of nitrogens with zero attached hydrogens (tertiary/aromatic N) is 1. The molecule has 0 atom stereocenters. The molecule has 1 aliphatic heterocycles. The molecule has 1 fully saturated rings. The second-order valence-electron chi connectivity index (χ2n) is 6.89. The largest absolute Gasteiger partial charge is 0.371 e. The lowest BCUT2D eigenvalue weighted by Crippen LogP contribution is -2.38. The monoisotopic (exact) mass is 323 g/mol. The molecule has 0 bridgehead atoms. The van der Waals surface area contributed by atoms with Gasteiger partial charge in [0.1, 0.15) is 0 Å². The van der Waals surface area contributed by atoms with Crippen LogP contribution in [0.15, 0.2) is 18.2 Å². The average Bonchev–Trinajstić information content (AvgIpc) is 2.37. The summed E-state index contributed by atoms with van der Waals surface area (Å²) in [6.07, 6.45) is 2.64. The zero-order chi connectivity index (χ0) is 14.0. The molecular weight excluding hydrogens is 298 g/mol. The van der Waals surface area contributed by atoms with Gasteiger partial charge in [-0.2, -0.15) is 0 Å². The number of halogens is 1. The molecule has 0 aromatic heterocycles. The average molecular weight is 324 g/mol. The molecule has 0 spiro atoms. The van der Waals surface area contributed by atoms with Gasteiger partial charge in [-0.05, 0) is 42.7 Å². The van der Waals surface area contributed by atoms with Crippen molar-refractivity contribution in [3.05, 3.63) is 29.3 Å². The summed E-state index contributed by atoms with van der Waals surface area (Å²) in [5.74, 6) is 0.863. The van der Waals surface area contributed by atoms with Crippen molar-refractivity contribution in [1.29, 1.82) is 0 Å². The molecule has 1 aromatic carbocycles. The first kappa shape index (κ1) is 14.9. The zero-order valence-corrected chi connectivity index (χ0v) is 14.3. The smallest absolute Gasteiger partial charge is 0.0407 e. The number of alkyl halides is 1. The quantitative estimate of drug-likeness (QED) is 0.680. The summed E-state index contributed by atoms with van der Waals surface area (Å²) >= 11 is 3.63. The maximum atomic E-state index is 3.63. The number of rotatable bonds is 2. The Balaban J connectivity index is 2.10. The van der Waals surface area contributed by atoms with E-state index in [2.05, 4.69) is 66.7 Å². The number of hydrogen-bond donors (Lipinski definition) is 0. The minimum atomic E-state index is 0.456. The lowest BCUT2D eigenvalue weighted by Gasteiger charge is -2.40. The van der Waals surface area contributed by atoms with Crippen molar-refractivity contribution < 1.29 is 0 Å². The number of benzene rings is 1. The van der Waals surface area contributed by atoms with Crippen molar-refractivity contribution in [2.24, 2.45) is 11.3 Å². The predicted octanol–water partition coefficient (Wildman–Crippen LogP) is 5.15. The molecule has 0 unspecified atom stereocenters. The van der Waals surface area contributed by atoms with Gasteiger partial charge in [-0.15, -0.1) is 0 Å². The minimum absolute atomic E-state index is 0.456. The maximum Gasteiger partial charge on any atom is 0.0407 e. The van der Waals surface area contributed by atoms with Crippen LogP contribution in [0.5, 0.6) is 0 Å². The van der Waals surface area contributed by atoms with E-state index < -0.39 is 0 Å². The fourth-order valence-corrected chi connectivity index (χ4v) is 3.57. The van der Waals surface area contributed by atoms with Gasteiger partial charge in [0.25, 0.3) is 0 Å². The second kappa shape index (κ2) is 5.87. The van der Waals surface area contributed by atoms with E-state index in [-0.39, 0.29) is 0 Å². The first-order valence-electron chi connectivity index (χ1n) is 7.32. The molecular formula is C17H26BrN. The van der Waals surface area contributed by atoms with Gasteiger partial charge in [-0.25, -0.2) is 0 Å². The van der Waals surface area contributed by atoms with E-state index in [1.54, 1.807) is 0 Å². The molecule has 0 saturated carbocycles. The van der Waals surface area contributed by atoms with Crippen LogP contribution in [0.2, 0.25) is 0 Å². The van der Waals surface area contributed by atoms with Crippen molar-refractivity contribution in [1.82, 2.24) is 0 Å². The summed E-state index contributed by atoms with van der Waals surface area (Å²) in [7, 11) is 0. The summed E-state index contributed by atoms with van der Waals surface area (Å²) in [5.41, 5.74) is 4.66. The Kier molecular flexibility index (Phi) is 4.60. The Morgan fingerprint density at radius 3 is 2.37 bits per heavy atom. The van der Waals surface area contributed by atoms with Crippen molar-refractivity contribution in [2.75, 3.05) is 18.0 Å². The highest BCUT2D eigenvalue weighted by Crippen LogP contribution is 2.36. The molecule has 1 aliphatic rings. The Morgan fingerprint density at radius 1 is 1.21 bits per heavy atom. The lowest BCUT2D eigenvalue weighted by molar-refractivity contribution is 0.199. The third-order valence-electron chi connectivity index (χ3n) is 4.44. The molecule has 2 rings (SSSR count). The molecule has 1 aromatic rings. The highest BCUT2D eigenvalue weighted by molar-refractivity contribution is 9.08. The Labute approximate surface area is 126 Å². The molecule has 2 heteroatoms. The highest BCUT2D eigenvalue weighted by Gasteiger charge is 2.29. The topological polar surface area (TPSA) is 3.24 Å². The first-order chi connectivity index (χ1) is 8.91. The van der Waals surface area contributed by atoms with Crippen molar-refractivity contribution >= 4 is 21.6 Å². The highest BCUT2D eigenvalue weighted by atomic mass is 79.9. The predicted molar refractivity (Wildman–Crippen MR) is 88.2 cm³/mol. The van der Waals surface area contributed by atoms with E-state index >= 15 is 0 Å². The van der Waals surface area contributed by atoms with Crippen molar-refractivity contribution in [2.45, 2.75) is 45.9 Å². The molecule has 1 saturated heterocycles. The summed E-state index contributed by atoms with van der Waals surface area (Å²) < 4.78 is 0. The standard InChI is InChI=1S/C17H26BrN/c1-13-5-6-16(14(11-13)12-18)19-9-7-15(8-10-19)17(2,3)4/h5-6,11,15H,7-10,12H2,1-4H3. The normalized spacial score (nSPS) is 17.8. The molecule has 1 heterocycles. The van der Waals surface area contributed by atoms with Crippen LogP contribution in [-0.2, 0) is 5.33 Å². The van der Waals surface area contributed by atoms with Crippen LogP contribution in [0, 0.1) is 18.3 Å². The van der Waals surface area contributed by atoms with E-state index in [0.29, 0.717) is 5.41 Å². The van der Waals surface area contributed by atoms with E-state index in [4.69, 9.17) is 0 Å². The minimum Gasteiger partial charge on any atom is -0.371 e. The zero-order valence-electron chi connectivity index (χ0n) is 12.7. The second-order valence-corrected chi connectivity index (χ2v) is 7.45. The van der Waals surface area contributed by atoms with Crippen molar-refractivity contribution in [3.8, 4) is 0 Å². The van der Waals surface area contributed by atoms with Crippen molar-refractivity contribution in [3.63, 3.8) is 0 Å². The number of piperidine rings is 1. The van der Waals surface area contributed by atoms with Gasteiger partial charge in [-0.1, -0.05) is 54.4 Å².